The van der Waals surface area contributed by atoms with Crippen LogP contribution in [0.4, 0.5) is 32.2 Å². The highest BCUT2D eigenvalue weighted by atomic mass is 19.4. The normalized spacial score (nSPS) is 21.6. The third kappa shape index (κ3) is 4.49. The summed E-state index contributed by atoms with van der Waals surface area (Å²) in [5.41, 5.74) is 3.79. The number of hydrogen-bond donors (Lipinski definition) is 3. The van der Waals surface area contributed by atoms with E-state index in [0.717, 1.165) is 6.20 Å². The summed E-state index contributed by atoms with van der Waals surface area (Å²) in [5.74, 6) is -3.80. The molecular formula is C17H18F6N6O. The molecule has 2 aliphatic heterocycles. The fraction of sp³-hybridized carbons (Fsp3) is 0.529. The van der Waals surface area contributed by atoms with Gasteiger partial charge in [-0.3, -0.25) is 4.79 Å². The molecule has 30 heavy (non-hydrogen) atoms. The van der Waals surface area contributed by atoms with E-state index in [4.69, 9.17) is 11.1 Å². The number of aromatic nitrogens is 2. The van der Waals surface area contributed by atoms with Crippen LogP contribution in [0.2, 0.25) is 0 Å². The second-order valence-electron chi connectivity index (χ2n) is 7.11. The molecule has 1 atom stereocenters. The fourth-order valence-electron chi connectivity index (χ4n) is 3.60. The zero-order valence-corrected chi connectivity index (χ0v) is 15.4. The van der Waals surface area contributed by atoms with Crippen molar-refractivity contribution in [1.82, 2.24) is 15.3 Å². The molecule has 1 fully saturated rings. The van der Waals surface area contributed by atoms with Gasteiger partial charge in [0.1, 0.15) is 11.6 Å². The maximum atomic E-state index is 13.4. The number of anilines is 1. The molecule has 0 radical (unpaired) electrons. The van der Waals surface area contributed by atoms with Gasteiger partial charge in [0.2, 0.25) is 5.91 Å². The first kappa shape index (κ1) is 21.8. The van der Waals surface area contributed by atoms with E-state index in [1.165, 1.54) is 0 Å². The zero-order valence-electron chi connectivity index (χ0n) is 15.4. The number of nitrogens with one attached hydrogen (secondary N) is 2. The van der Waals surface area contributed by atoms with Crippen molar-refractivity contribution in [3.63, 3.8) is 0 Å². The number of nitrogens with zero attached hydrogens (tertiary/aromatic N) is 3. The van der Waals surface area contributed by atoms with Crippen LogP contribution in [-0.2, 0) is 11.0 Å². The van der Waals surface area contributed by atoms with Crippen LogP contribution >= 0.6 is 0 Å². The van der Waals surface area contributed by atoms with Crippen molar-refractivity contribution in [2.75, 3.05) is 18.0 Å². The molecular weight excluding hydrogens is 418 g/mol. The number of allylic oxidation sites excluding steroid dienone is 1. The molecule has 1 unspecified atom stereocenters. The Hall–Kier alpha value is -2.86. The minimum atomic E-state index is -4.72. The summed E-state index contributed by atoms with van der Waals surface area (Å²) in [6.45, 7) is 0.534. The average Bonchev–Trinajstić information content (AvgIpc) is 2.66. The minimum Gasteiger partial charge on any atom is -0.385 e. The van der Waals surface area contributed by atoms with Gasteiger partial charge in [0, 0.05) is 36.7 Å². The maximum absolute atomic E-state index is 13.4. The summed E-state index contributed by atoms with van der Waals surface area (Å²) in [6, 6.07) is 0. The molecule has 0 bridgehead atoms. The van der Waals surface area contributed by atoms with Crippen molar-refractivity contribution < 1.29 is 31.1 Å². The van der Waals surface area contributed by atoms with Gasteiger partial charge in [-0.1, -0.05) is 0 Å². The Bertz CT molecular complexity index is 855. The van der Waals surface area contributed by atoms with Crippen LogP contribution in [0, 0.1) is 17.2 Å². The third-order valence-corrected chi connectivity index (χ3v) is 5.14. The van der Waals surface area contributed by atoms with E-state index in [9.17, 15) is 31.1 Å². The lowest BCUT2D eigenvalue weighted by Crippen LogP contribution is -2.46. The summed E-state index contributed by atoms with van der Waals surface area (Å²) in [5, 5.41) is 10.5. The number of piperidine rings is 1. The van der Waals surface area contributed by atoms with Gasteiger partial charge < -0.3 is 21.4 Å². The molecule has 1 amide bonds. The van der Waals surface area contributed by atoms with Crippen molar-refractivity contribution in [2.45, 2.75) is 31.6 Å². The lowest BCUT2D eigenvalue weighted by atomic mass is 9.80. The van der Waals surface area contributed by atoms with Gasteiger partial charge >= 0.3 is 12.4 Å². The topological polar surface area (TPSA) is 108 Å². The van der Waals surface area contributed by atoms with Crippen molar-refractivity contribution in [1.29, 1.82) is 5.41 Å². The number of alkyl halides is 6. The highest BCUT2D eigenvalue weighted by Gasteiger charge is 2.48. The Morgan fingerprint density at radius 2 is 1.77 bits per heavy atom. The van der Waals surface area contributed by atoms with E-state index in [0.29, 0.717) is 6.20 Å². The van der Waals surface area contributed by atoms with E-state index in [2.05, 4.69) is 15.3 Å². The number of halogens is 6. The number of rotatable bonds is 3. The lowest BCUT2D eigenvalue weighted by molar-refractivity contribution is -0.169. The Morgan fingerprint density at radius 1 is 1.13 bits per heavy atom. The number of carbonyl (C=O) groups is 1. The summed E-state index contributed by atoms with van der Waals surface area (Å²) in [6.07, 6.45) is -8.00. The van der Waals surface area contributed by atoms with Crippen LogP contribution in [0.1, 0.15) is 25.0 Å². The molecule has 1 aromatic heterocycles. The summed E-state index contributed by atoms with van der Waals surface area (Å²) in [4.78, 5) is 20.2. The lowest BCUT2D eigenvalue weighted by Gasteiger charge is -2.36. The predicted octanol–water partition coefficient (Wildman–Crippen LogP) is 2.60. The number of carbonyl (C=O) groups excluding carboxylic acids is 1. The van der Waals surface area contributed by atoms with E-state index in [1.54, 1.807) is 4.90 Å². The molecule has 1 saturated heterocycles. The molecule has 164 valence electrons. The van der Waals surface area contributed by atoms with E-state index in [1.807, 2.05) is 0 Å². The molecule has 1 aromatic rings. The maximum Gasteiger partial charge on any atom is 0.434 e. The van der Waals surface area contributed by atoms with Gasteiger partial charge in [-0.05, 0) is 12.8 Å². The van der Waals surface area contributed by atoms with Gasteiger partial charge in [-0.25, -0.2) is 9.97 Å². The summed E-state index contributed by atoms with van der Waals surface area (Å²) in [7, 11) is 0. The van der Waals surface area contributed by atoms with Crippen LogP contribution < -0.4 is 16.0 Å². The van der Waals surface area contributed by atoms with Gasteiger partial charge in [0.05, 0.1) is 18.3 Å². The zero-order chi connectivity index (χ0) is 22.3. The molecule has 0 aromatic carbocycles. The van der Waals surface area contributed by atoms with Crippen molar-refractivity contribution in [3.05, 3.63) is 29.5 Å². The standard InChI is InChI=1S/C17H18F6N6O/c18-16(19,20)9-5-12(30)28-15(25)13(9)14(24)8-1-3-29(4-2-8)11-7-26-10(6-27-11)17(21,22)23/h6-9,24H,1-5,25H2,(H,28,30). The molecule has 0 saturated carbocycles. The number of nitrogens with two attached hydrogens (primary N) is 1. The quantitative estimate of drug-likeness (QED) is 0.499. The molecule has 7 nitrogen and oxygen atoms in total. The van der Waals surface area contributed by atoms with Gasteiger partial charge in [0.15, 0.2) is 5.69 Å². The number of hydrogen-bond acceptors (Lipinski definition) is 6. The van der Waals surface area contributed by atoms with Gasteiger partial charge in [-0.15, -0.1) is 0 Å². The SMILES string of the molecule is N=C(C1=C(N)NC(=O)CC1C(F)(F)F)C1CCN(c2cnc(C(F)(F)F)cn2)CC1. The Labute approximate surface area is 166 Å². The molecule has 0 spiro atoms. The van der Waals surface area contributed by atoms with Crippen LogP contribution in [0.3, 0.4) is 0 Å². The van der Waals surface area contributed by atoms with E-state index >= 15 is 0 Å². The smallest absolute Gasteiger partial charge is 0.385 e. The second kappa shape index (κ2) is 7.76. The summed E-state index contributed by atoms with van der Waals surface area (Å²) < 4.78 is 78.0. The Kier molecular flexibility index (Phi) is 5.65. The molecule has 2 aliphatic rings. The molecule has 3 rings (SSSR count). The van der Waals surface area contributed by atoms with Crippen LogP contribution in [0.5, 0.6) is 0 Å². The first-order valence-electron chi connectivity index (χ1n) is 8.97. The van der Waals surface area contributed by atoms with Crippen molar-refractivity contribution in [2.24, 2.45) is 17.6 Å². The van der Waals surface area contributed by atoms with Gasteiger partial charge in [-0.2, -0.15) is 26.3 Å². The highest BCUT2D eigenvalue weighted by molar-refractivity contribution is 6.02. The first-order valence-corrected chi connectivity index (χ1v) is 8.97. The second-order valence-corrected chi connectivity index (χ2v) is 7.11. The monoisotopic (exact) mass is 436 g/mol. The Morgan fingerprint density at radius 3 is 2.27 bits per heavy atom. The fourth-order valence-corrected chi connectivity index (χ4v) is 3.60. The minimum absolute atomic E-state index is 0.213. The van der Waals surface area contributed by atoms with Crippen LogP contribution in [-0.4, -0.2) is 40.9 Å². The molecule has 0 aliphatic carbocycles. The molecule has 13 heteroatoms. The average molecular weight is 436 g/mol. The first-order chi connectivity index (χ1) is 13.9. The molecule has 3 heterocycles. The third-order valence-electron chi connectivity index (χ3n) is 5.14. The molecule has 4 N–H and O–H groups in total. The van der Waals surface area contributed by atoms with Gasteiger partial charge in [0.25, 0.3) is 0 Å². The van der Waals surface area contributed by atoms with E-state index in [-0.39, 0.29) is 37.5 Å². The number of amides is 1. The summed E-state index contributed by atoms with van der Waals surface area (Å²) >= 11 is 0. The predicted molar refractivity (Wildman–Crippen MR) is 93.2 cm³/mol. The van der Waals surface area contributed by atoms with Crippen LogP contribution in [0.15, 0.2) is 23.8 Å². The van der Waals surface area contributed by atoms with E-state index < -0.39 is 53.6 Å². The largest absolute Gasteiger partial charge is 0.434 e. The van der Waals surface area contributed by atoms with Crippen molar-refractivity contribution in [3.8, 4) is 0 Å². The Balaban J connectivity index is 1.70. The van der Waals surface area contributed by atoms with Crippen LogP contribution in [0.25, 0.3) is 0 Å². The highest BCUT2D eigenvalue weighted by Crippen LogP contribution is 2.39. The van der Waals surface area contributed by atoms with Crippen molar-refractivity contribution >= 4 is 17.4 Å².